The van der Waals surface area contributed by atoms with Crippen LogP contribution in [0.3, 0.4) is 0 Å². The first-order valence-electron chi connectivity index (χ1n) is 10.6. The molecule has 2 aromatic carbocycles. The number of benzene rings is 2. The maximum atomic E-state index is 15.3. The van der Waals surface area contributed by atoms with E-state index in [4.69, 9.17) is 16.2 Å². The molecule has 3 unspecified atom stereocenters. The molecule has 2 aliphatic heterocycles. The minimum atomic E-state index is -0.588. The van der Waals surface area contributed by atoms with E-state index in [1.807, 2.05) is 53.2 Å². The van der Waals surface area contributed by atoms with E-state index < -0.39 is 12.1 Å². The number of hydrogen-bond acceptors (Lipinski definition) is 7. The van der Waals surface area contributed by atoms with Crippen LogP contribution in [0.5, 0.6) is 0 Å². The number of likely N-dealkylation sites (N-methyl/N-ethyl adjacent to an activating group) is 1. The third kappa shape index (κ3) is 3.30. The van der Waals surface area contributed by atoms with Gasteiger partial charge in [-0.15, -0.1) is 0 Å². The van der Waals surface area contributed by atoms with Gasteiger partial charge in [-0.05, 0) is 49.7 Å². The van der Waals surface area contributed by atoms with E-state index in [1.54, 1.807) is 13.0 Å². The Kier molecular flexibility index (Phi) is 5.26. The Morgan fingerprint density at radius 3 is 2.59 bits per heavy atom. The van der Waals surface area contributed by atoms with Crippen LogP contribution in [-0.4, -0.2) is 45.8 Å². The minimum absolute atomic E-state index is 0.327. The smallest absolute Gasteiger partial charge is 0.151 e. The summed E-state index contributed by atoms with van der Waals surface area (Å²) in [6.45, 7) is 2.33. The number of nitrogens with zero attached hydrogens (tertiary/aromatic N) is 5. The van der Waals surface area contributed by atoms with Crippen molar-refractivity contribution in [3.8, 4) is 5.69 Å². The summed E-state index contributed by atoms with van der Waals surface area (Å²) in [6, 6.07) is 15.0. The molecule has 5 rings (SSSR count). The summed E-state index contributed by atoms with van der Waals surface area (Å²) < 4.78 is 22.9. The van der Waals surface area contributed by atoms with Crippen molar-refractivity contribution in [3.05, 3.63) is 83.3 Å². The number of ether oxygens (including phenoxy) is 1. The Bertz CT molecular complexity index is 1160. The molecule has 8 nitrogen and oxygen atoms in total. The second-order valence-electron chi connectivity index (χ2n) is 8.07. The van der Waals surface area contributed by atoms with Crippen molar-refractivity contribution in [1.29, 1.82) is 0 Å². The SMILES string of the molecule is Cc1ncnn1-c1ccc(N2C3=C(CCOC3c3ccccc3)C(N)N(C)C2N)cc1F. The molecule has 0 radical (unpaired) electrons. The van der Waals surface area contributed by atoms with Crippen LogP contribution in [0.25, 0.3) is 5.69 Å². The van der Waals surface area contributed by atoms with Gasteiger partial charge in [-0.25, -0.2) is 14.1 Å². The molecular formula is C23H26FN7O. The predicted molar refractivity (Wildman–Crippen MR) is 119 cm³/mol. The zero-order valence-electron chi connectivity index (χ0n) is 18.0. The van der Waals surface area contributed by atoms with Gasteiger partial charge in [0.2, 0.25) is 0 Å². The molecule has 0 spiro atoms. The van der Waals surface area contributed by atoms with E-state index in [0.717, 1.165) is 16.8 Å². The maximum Gasteiger partial charge on any atom is 0.151 e. The Balaban J connectivity index is 1.64. The lowest BCUT2D eigenvalue weighted by molar-refractivity contribution is 0.0437. The summed E-state index contributed by atoms with van der Waals surface area (Å²) in [5.74, 6) is 0.183. The lowest BCUT2D eigenvalue weighted by atomic mass is 9.92. The molecule has 3 heterocycles. The standard InChI is InChI=1S/C23H26FN7O/c1-14-27-13-28-31(14)19-9-8-16(12-18(19)24)30-20-17(22(25)29(2)23(30)26)10-11-32-21(20)15-6-4-3-5-7-15/h3-9,12-13,21-23H,10-11,25-26H2,1-2H3. The predicted octanol–water partition coefficient (Wildman–Crippen LogP) is 2.41. The van der Waals surface area contributed by atoms with Gasteiger partial charge >= 0.3 is 0 Å². The van der Waals surface area contributed by atoms with Crippen LogP contribution in [0.1, 0.15) is 23.9 Å². The largest absolute Gasteiger partial charge is 0.367 e. The molecule has 0 saturated heterocycles. The highest BCUT2D eigenvalue weighted by atomic mass is 19.1. The molecule has 32 heavy (non-hydrogen) atoms. The van der Waals surface area contributed by atoms with Crippen molar-refractivity contribution in [2.24, 2.45) is 11.5 Å². The average molecular weight is 436 g/mol. The van der Waals surface area contributed by atoms with Gasteiger partial charge in [0.25, 0.3) is 0 Å². The van der Waals surface area contributed by atoms with E-state index in [2.05, 4.69) is 10.1 Å². The molecule has 4 N–H and O–H groups in total. The first-order chi connectivity index (χ1) is 15.5. The van der Waals surface area contributed by atoms with Crippen LogP contribution in [0, 0.1) is 12.7 Å². The summed E-state index contributed by atoms with van der Waals surface area (Å²) in [5.41, 5.74) is 17.1. The zero-order valence-corrected chi connectivity index (χ0v) is 18.0. The zero-order chi connectivity index (χ0) is 22.4. The van der Waals surface area contributed by atoms with Crippen molar-refractivity contribution < 1.29 is 9.13 Å². The molecule has 0 amide bonds. The summed E-state index contributed by atoms with van der Waals surface area (Å²) in [4.78, 5) is 7.90. The number of aryl methyl sites for hydroxylation is 1. The number of anilines is 1. The monoisotopic (exact) mass is 435 g/mol. The number of nitrogens with two attached hydrogens (primary N) is 2. The fourth-order valence-electron chi connectivity index (χ4n) is 4.50. The van der Waals surface area contributed by atoms with Crippen molar-refractivity contribution in [1.82, 2.24) is 19.7 Å². The maximum absolute atomic E-state index is 15.3. The molecule has 0 bridgehead atoms. The number of hydrogen-bond donors (Lipinski definition) is 2. The Morgan fingerprint density at radius 1 is 1.12 bits per heavy atom. The van der Waals surface area contributed by atoms with E-state index in [1.165, 1.54) is 17.1 Å². The van der Waals surface area contributed by atoms with Crippen LogP contribution < -0.4 is 16.4 Å². The first-order valence-corrected chi connectivity index (χ1v) is 10.6. The molecular weight excluding hydrogens is 409 g/mol. The van der Waals surface area contributed by atoms with Crippen LogP contribution in [0.15, 0.2) is 66.1 Å². The highest BCUT2D eigenvalue weighted by Gasteiger charge is 2.41. The molecule has 0 aliphatic carbocycles. The number of rotatable bonds is 3. The summed E-state index contributed by atoms with van der Waals surface area (Å²) in [7, 11) is 1.88. The second kappa shape index (κ2) is 8.10. The third-order valence-electron chi connectivity index (χ3n) is 6.23. The number of aromatic nitrogens is 3. The van der Waals surface area contributed by atoms with Crippen LogP contribution in [0.2, 0.25) is 0 Å². The molecule has 3 aromatic rings. The van der Waals surface area contributed by atoms with Crippen molar-refractivity contribution >= 4 is 5.69 Å². The minimum Gasteiger partial charge on any atom is -0.367 e. The molecule has 2 aliphatic rings. The lowest BCUT2D eigenvalue weighted by Gasteiger charge is -2.50. The van der Waals surface area contributed by atoms with Crippen molar-refractivity contribution in [2.45, 2.75) is 31.9 Å². The fourth-order valence-corrected chi connectivity index (χ4v) is 4.50. The van der Waals surface area contributed by atoms with Crippen LogP contribution in [0.4, 0.5) is 10.1 Å². The average Bonchev–Trinajstić information content (AvgIpc) is 3.23. The van der Waals surface area contributed by atoms with Crippen LogP contribution >= 0.6 is 0 Å². The summed E-state index contributed by atoms with van der Waals surface area (Å²) in [6.07, 6.45) is 0.821. The molecule has 0 fully saturated rings. The quantitative estimate of drug-likeness (QED) is 0.652. The van der Waals surface area contributed by atoms with Gasteiger partial charge in [0.1, 0.15) is 30.2 Å². The lowest BCUT2D eigenvalue weighted by Crippen LogP contribution is -2.64. The highest BCUT2D eigenvalue weighted by molar-refractivity contribution is 5.60. The Hall–Kier alpha value is -3.11. The van der Waals surface area contributed by atoms with E-state index >= 15 is 4.39 Å². The van der Waals surface area contributed by atoms with Gasteiger partial charge < -0.3 is 15.4 Å². The second-order valence-corrected chi connectivity index (χ2v) is 8.07. The Morgan fingerprint density at radius 2 is 1.91 bits per heavy atom. The Labute approximate surface area is 185 Å². The number of halogens is 1. The topological polar surface area (TPSA) is 98.5 Å². The molecule has 9 heteroatoms. The van der Waals surface area contributed by atoms with Crippen molar-refractivity contribution in [2.75, 3.05) is 18.6 Å². The van der Waals surface area contributed by atoms with Gasteiger partial charge in [0, 0.05) is 5.69 Å². The molecule has 3 atom stereocenters. The van der Waals surface area contributed by atoms with Gasteiger partial charge in [-0.3, -0.25) is 10.6 Å². The van der Waals surface area contributed by atoms with E-state index in [-0.39, 0.29) is 12.3 Å². The van der Waals surface area contributed by atoms with E-state index in [9.17, 15) is 0 Å². The van der Waals surface area contributed by atoms with Crippen LogP contribution in [-0.2, 0) is 4.74 Å². The van der Waals surface area contributed by atoms with Gasteiger partial charge in [0.15, 0.2) is 5.82 Å². The highest BCUT2D eigenvalue weighted by Crippen LogP contribution is 2.42. The fraction of sp³-hybridized carbons (Fsp3) is 0.304. The molecule has 0 saturated carbocycles. The van der Waals surface area contributed by atoms with E-state index in [0.29, 0.717) is 30.2 Å². The van der Waals surface area contributed by atoms with Gasteiger partial charge in [-0.2, -0.15) is 5.10 Å². The van der Waals surface area contributed by atoms with Crippen molar-refractivity contribution in [3.63, 3.8) is 0 Å². The molecule has 166 valence electrons. The molecule has 1 aromatic heterocycles. The first kappa shape index (κ1) is 20.8. The summed E-state index contributed by atoms with van der Waals surface area (Å²) >= 11 is 0. The third-order valence-corrected chi connectivity index (χ3v) is 6.23. The van der Waals surface area contributed by atoms with Gasteiger partial charge in [-0.1, -0.05) is 30.3 Å². The summed E-state index contributed by atoms with van der Waals surface area (Å²) in [5, 5.41) is 4.12. The van der Waals surface area contributed by atoms with Gasteiger partial charge in [0.05, 0.1) is 18.5 Å². The normalized spacial score (nSPS) is 24.0.